The molecule has 0 aromatic heterocycles. The first kappa shape index (κ1) is 16.7. The lowest BCUT2D eigenvalue weighted by Gasteiger charge is -2.10. The van der Waals surface area contributed by atoms with E-state index in [4.69, 9.17) is 4.74 Å². The molecule has 0 radical (unpaired) electrons. The lowest BCUT2D eigenvalue weighted by atomic mass is 10.1. The molecule has 0 aliphatic rings. The first-order valence-corrected chi connectivity index (χ1v) is 6.46. The van der Waals surface area contributed by atoms with Crippen LogP contribution in [0.25, 0.3) is 0 Å². The molecule has 0 aliphatic carbocycles. The fourth-order valence-electron chi connectivity index (χ4n) is 2.02. The summed E-state index contributed by atoms with van der Waals surface area (Å²) < 4.78 is 5.05. The van der Waals surface area contributed by atoms with Crippen LogP contribution in [0.3, 0.4) is 0 Å². The van der Waals surface area contributed by atoms with Gasteiger partial charge in [0, 0.05) is 6.07 Å². The minimum absolute atomic E-state index is 0.269. The zero-order valence-electron chi connectivity index (χ0n) is 12.3. The Kier molecular flexibility index (Phi) is 4.59. The maximum absolute atomic E-state index is 12.2. The number of carbonyl (C=O) groups is 1. The highest BCUT2D eigenvalue weighted by molar-refractivity contribution is 6.08. The number of para-hydroxylation sites is 2. The van der Waals surface area contributed by atoms with E-state index in [-0.39, 0.29) is 5.69 Å². The average Bonchev–Trinajstić information content (AvgIpc) is 2.54. The molecule has 10 nitrogen and oxygen atoms in total. The smallest absolute Gasteiger partial charge is 0.387 e. The summed E-state index contributed by atoms with van der Waals surface area (Å²) in [5.74, 6) is -1.63. The molecule has 124 valence electrons. The molecule has 0 atom stereocenters. The van der Waals surface area contributed by atoms with Gasteiger partial charge in [-0.05, 0) is 18.2 Å². The number of ether oxygens (including phenoxy) is 1. The third-order valence-corrected chi connectivity index (χ3v) is 3.11. The molecule has 0 fully saturated rings. The van der Waals surface area contributed by atoms with Gasteiger partial charge in [0.25, 0.3) is 5.91 Å². The number of nitrogens with one attached hydrogen (secondary N) is 1. The summed E-state index contributed by atoms with van der Waals surface area (Å²) in [5, 5.41) is 34.1. The third kappa shape index (κ3) is 3.06. The van der Waals surface area contributed by atoms with Crippen molar-refractivity contribution in [2.75, 3.05) is 12.4 Å². The van der Waals surface area contributed by atoms with E-state index in [9.17, 15) is 30.1 Å². The largest absolute Gasteiger partial charge is 0.501 e. The molecule has 2 aromatic carbocycles. The lowest BCUT2D eigenvalue weighted by molar-refractivity contribution is -0.423. The van der Waals surface area contributed by atoms with Crippen molar-refractivity contribution in [2.45, 2.75) is 0 Å². The molecule has 0 aliphatic heterocycles. The number of anilines is 1. The minimum atomic E-state index is -1.15. The van der Waals surface area contributed by atoms with E-state index in [1.54, 1.807) is 18.2 Å². The molecule has 24 heavy (non-hydrogen) atoms. The minimum Gasteiger partial charge on any atom is -0.501 e. The van der Waals surface area contributed by atoms with Crippen LogP contribution in [0.5, 0.6) is 11.5 Å². The van der Waals surface area contributed by atoms with Crippen LogP contribution in [0, 0.1) is 20.2 Å². The molecule has 2 N–H and O–H groups in total. The zero-order chi connectivity index (χ0) is 17.9. The second kappa shape index (κ2) is 6.60. The Morgan fingerprint density at radius 3 is 2.38 bits per heavy atom. The summed E-state index contributed by atoms with van der Waals surface area (Å²) in [5.41, 5.74) is -2.26. The van der Waals surface area contributed by atoms with Crippen LogP contribution in [-0.2, 0) is 0 Å². The van der Waals surface area contributed by atoms with E-state index in [0.29, 0.717) is 5.75 Å². The fraction of sp³-hybridized carbons (Fsp3) is 0.0714. The number of nitro groups is 2. The maximum atomic E-state index is 12.2. The fourth-order valence-corrected chi connectivity index (χ4v) is 2.02. The van der Waals surface area contributed by atoms with Crippen LogP contribution in [0.15, 0.2) is 36.4 Å². The van der Waals surface area contributed by atoms with Crippen LogP contribution in [0.1, 0.15) is 10.4 Å². The van der Waals surface area contributed by atoms with E-state index in [1.165, 1.54) is 13.2 Å². The monoisotopic (exact) mass is 333 g/mol. The SMILES string of the molecule is COc1ccccc1NC(=O)c1ccc([N+](=O)[O-])c([N+](=O)[O-])c1O. The molecule has 0 saturated heterocycles. The van der Waals surface area contributed by atoms with Crippen LogP contribution < -0.4 is 10.1 Å². The number of hydrogen-bond donors (Lipinski definition) is 2. The molecule has 2 aromatic rings. The standard InChI is InChI=1S/C14H11N3O7/c1-24-11-5-3-2-4-9(11)15-14(19)8-6-7-10(16(20)21)12(13(8)18)17(22)23/h2-7,18H,1H3,(H,15,19). The maximum Gasteiger partial charge on any atom is 0.387 e. The number of amides is 1. The van der Waals surface area contributed by atoms with Crippen molar-refractivity contribution >= 4 is 23.0 Å². The Bertz CT molecular complexity index is 835. The van der Waals surface area contributed by atoms with Crippen molar-refractivity contribution in [1.82, 2.24) is 0 Å². The summed E-state index contributed by atoms with van der Waals surface area (Å²) in [6, 6.07) is 8.11. The number of rotatable bonds is 5. The Balaban J connectivity index is 2.45. The van der Waals surface area contributed by atoms with Gasteiger partial charge >= 0.3 is 11.4 Å². The predicted molar refractivity (Wildman–Crippen MR) is 82.4 cm³/mol. The van der Waals surface area contributed by atoms with Crippen molar-refractivity contribution in [2.24, 2.45) is 0 Å². The van der Waals surface area contributed by atoms with Crippen LogP contribution in [0.4, 0.5) is 17.1 Å². The number of nitrogens with zero attached hydrogens (tertiary/aromatic N) is 2. The van der Waals surface area contributed by atoms with E-state index < -0.39 is 38.4 Å². The van der Waals surface area contributed by atoms with Gasteiger partial charge in [-0.2, -0.15) is 0 Å². The normalized spacial score (nSPS) is 10.0. The van der Waals surface area contributed by atoms with Gasteiger partial charge in [0.05, 0.1) is 28.2 Å². The summed E-state index contributed by atoms with van der Waals surface area (Å²) in [6.45, 7) is 0. The number of aromatic hydroxyl groups is 1. The van der Waals surface area contributed by atoms with Crippen molar-refractivity contribution in [3.05, 3.63) is 62.2 Å². The number of carbonyl (C=O) groups excluding carboxylic acids is 1. The number of benzene rings is 2. The van der Waals surface area contributed by atoms with Gasteiger partial charge in [0.2, 0.25) is 5.75 Å². The number of hydrogen-bond acceptors (Lipinski definition) is 7. The summed E-state index contributed by atoms with van der Waals surface area (Å²) >= 11 is 0. The predicted octanol–water partition coefficient (Wildman–Crippen LogP) is 2.47. The van der Waals surface area contributed by atoms with E-state index >= 15 is 0 Å². The molecule has 2 rings (SSSR count). The summed E-state index contributed by atoms with van der Waals surface area (Å²) in [4.78, 5) is 31.9. The van der Waals surface area contributed by atoms with Gasteiger partial charge in [-0.3, -0.25) is 25.0 Å². The first-order valence-electron chi connectivity index (χ1n) is 6.46. The second-order valence-electron chi connectivity index (χ2n) is 4.50. The van der Waals surface area contributed by atoms with E-state index in [1.807, 2.05) is 0 Å². The molecule has 10 heteroatoms. The zero-order valence-corrected chi connectivity index (χ0v) is 12.3. The van der Waals surface area contributed by atoms with Gasteiger partial charge < -0.3 is 15.2 Å². The summed E-state index contributed by atoms with van der Waals surface area (Å²) in [7, 11) is 1.39. The van der Waals surface area contributed by atoms with Gasteiger partial charge in [-0.15, -0.1) is 0 Å². The quantitative estimate of drug-likeness (QED) is 0.631. The van der Waals surface area contributed by atoms with Crippen LogP contribution >= 0.6 is 0 Å². The Morgan fingerprint density at radius 2 is 1.79 bits per heavy atom. The highest BCUT2D eigenvalue weighted by Crippen LogP contribution is 2.38. The molecular weight excluding hydrogens is 322 g/mol. The third-order valence-electron chi connectivity index (χ3n) is 3.11. The number of nitro benzene ring substituents is 2. The molecular formula is C14H11N3O7. The van der Waals surface area contributed by atoms with Crippen molar-refractivity contribution in [3.63, 3.8) is 0 Å². The topological polar surface area (TPSA) is 145 Å². The van der Waals surface area contributed by atoms with Gasteiger partial charge in [0.1, 0.15) is 5.75 Å². The van der Waals surface area contributed by atoms with Crippen molar-refractivity contribution in [3.8, 4) is 11.5 Å². The lowest BCUT2D eigenvalue weighted by Crippen LogP contribution is -2.13. The molecule has 0 heterocycles. The van der Waals surface area contributed by atoms with E-state index in [0.717, 1.165) is 12.1 Å². The van der Waals surface area contributed by atoms with Gasteiger partial charge in [0.15, 0.2) is 0 Å². The average molecular weight is 333 g/mol. The molecule has 0 spiro atoms. The highest BCUT2D eigenvalue weighted by atomic mass is 16.6. The molecule has 0 bridgehead atoms. The van der Waals surface area contributed by atoms with Crippen molar-refractivity contribution in [1.29, 1.82) is 0 Å². The van der Waals surface area contributed by atoms with Crippen molar-refractivity contribution < 1.29 is 24.5 Å². The van der Waals surface area contributed by atoms with Crippen LogP contribution in [-0.4, -0.2) is 28.0 Å². The number of phenolic OH excluding ortho intramolecular Hbond substituents is 1. The molecule has 1 amide bonds. The molecule has 0 unspecified atom stereocenters. The van der Waals surface area contributed by atoms with E-state index in [2.05, 4.69) is 5.32 Å². The van der Waals surface area contributed by atoms with Crippen LogP contribution in [0.2, 0.25) is 0 Å². The number of phenols is 1. The van der Waals surface area contributed by atoms with Gasteiger partial charge in [-0.25, -0.2) is 0 Å². The Hall–Kier alpha value is -3.69. The van der Waals surface area contributed by atoms with Gasteiger partial charge in [-0.1, -0.05) is 12.1 Å². The first-order chi connectivity index (χ1) is 11.4. The molecule has 0 saturated carbocycles. The summed E-state index contributed by atoms with van der Waals surface area (Å²) in [6.07, 6.45) is 0. The Morgan fingerprint density at radius 1 is 1.12 bits per heavy atom. The number of methoxy groups -OCH3 is 1. The Labute approximate surface area is 134 Å². The highest BCUT2D eigenvalue weighted by Gasteiger charge is 2.32. The second-order valence-corrected chi connectivity index (χ2v) is 4.50.